The maximum Gasteiger partial charge on any atom is 0.306 e. The molecule has 0 spiro atoms. The van der Waals surface area contributed by atoms with Crippen LogP contribution in [0.1, 0.15) is 48.4 Å². The van der Waals surface area contributed by atoms with E-state index in [2.05, 4.69) is 15.3 Å². The molecular weight excluding hydrogens is 416 g/mol. The number of carbonyl (C=O) groups excluding carboxylic acids is 3. The number of nitrogens with one attached hydrogen (secondary N) is 1. The van der Waals surface area contributed by atoms with Crippen molar-refractivity contribution in [2.24, 2.45) is 0 Å². The van der Waals surface area contributed by atoms with Crippen LogP contribution in [0.15, 0.2) is 47.0 Å². The lowest BCUT2D eigenvalue weighted by atomic mass is 10.2. The average Bonchev–Trinajstić information content (AvgIpc) is 2.76. The molecule has 2 aromatic rings. The molecule has 0 saturated carbocycles. The molecule has 1 heterocycles. The Morgan fingerprint density at radius 3 is 2.52 bits per heavy atom. The van der Waals surface area contributed by atoms with Gasteiger partial charge in [-0.2, -0.15) is 0 Å². The van der Waals surface area contributed by atoms with Gasteiger partial charge in [-0.3, -0.25) is 14.4 Å². The molecule has 164 valence electrons. The molecular formula is C22H26N4O4S. The van der Waals surface area contributed by atoms with Gasteiger partial charge in [0.1, 0.15) is 11.6 Å². The molecule has 0 atom stereocenters. The van der Waals surface area contributed by atoms with Gasteiger partial charge >= 0.3 is 5.97 Å². The molecule has 31 heavy (non-hydrogen) atoms. The monoisotopic (exact) mass is 442 g/mol. The third kappa shape index (κ3) is 7.53. The number of hydrogen-bond donors (Lipinski definition) is 2. The van der Waals surface area contributed by atoms with Gasteiger partial charge in [0.15, 0.2) is 0 Å². The summed E-state index contributed by atoms with van der Waals surface area (Å²) >= 11 is 0.944. The highest BCUT2D eigenvalue weighted by Crippen LogP contribution is 2.29. The molecule has 0 aliphatic rings. The van der Waals surface area contributed by atoms with Gasteiger partial charge in [-0.05, 0) is 27.2 Å². The van der Waals surface area contributed by atoms with E-state index in [1.54, 1.807) is 51.2 Å². The Hall–Kier alpha value is -3.20. The van der Waals surface area contributed by atoms with Gasteiger partial charge in [0, 0.05) is 34.3 Å². The second-order valence-electron chi connectivity index (χ2n) is 6.62. The van der Waals surface area contributed by atoms with Crippen LogP contribution < -0.4 is 11.1 Å². The van der Waals surface area contributed by atoms with E-state index < -0.39 is 0 Å². The first-order valence-electron chi connectivity index (χ1n) is 9.80. The Morgan fingerprint density at radius 2 is 1.87 bits per heavy atom. The molecule has 0 bridgehead atoms. The molecule has 0 unspecified atom stereocenters. The van der Waals surface area contributed by atoms with E-state index in [0.717, 1.165) is 11.8 Å². The number of amides is 1. The van der Waals surface area contributed by atoms with Crippen molar-refractivity contribution >= 4 is 34.6 Å². The third-order valence-corrected chi connectivity index (χ3v) is 5.48. The number of nitrogens with zero attached hydrogens (tertiary/aromatic N) is 2. The number of carbonyl (C=O) groups is 3. The molecule has 9 heteroatoms. The van der Waals surface area contributed by atoms with Crippen molar-refractivity contribution in [3.8, 4) is 0 Å². The summed E-state index contributed by atoms with van der Waals surface area (Å²) in [5.74, 6) is 0.0871. The summed E-state index contributed by atoms with van der Waals surface area (Å²) in [4.78, 5) is 45.9. The molecule has 2 rings (SSSR count). The van der Waals surface area contributed by atoms with Crippen LogP contribution in [0.3, 0.4) is 0 Å². The minimum atomic E-state index is -0.384. The largest absolute Gasteiger partial charge is 0.466 e. The lowest BCUT2D eigenvalue weighted by Crippen LogP contribution is -2.25. The van der Waals surface area contributed by atoms with E-state index in [0.29, 0.717) is 33.2 Å². The number of anilines is 1. The SMILES string of the molecule is CCOC(=O)CC/C(SC(=O)c1ccccc1)=C(\C)C(=O)NCc1cnc(C)nc1N. The van der Waals surface area contributed by atoms with Gasteiger partial charge in [-0.1, -0.05) is 42.1 Å². The van der Waals surface area contributed by atoms with Crippen molar-refractivity contribution in [1.82, 2.24) is 15.3 Å². The van der Waals surface area contributed by atoms with Crippen LogP contribution in [-0.4, -0.2) is 33.6 Å². The molecule has 0 saturated heterocycles. The van der Waals surface area contributed by atoms with Crippen molar-refractivity contribution in [3.05, 3.63) is 64.0 Å². The van der Waals surface area contributed by atoms with Crippen LogP contribution in [0.4, 0.5) is 5.82 Å². The second-order valence-corrected chi connectivity index (χ2v) is 7.69. The van der Waals surface area contributed by atoms with E-state index in [1.807, 2.05) is 6.07 Å². The summed E-state index contributed by atoms with van der Waals surface area (Å²) in [7, 11) is 0. The number of rotatable bonds is 9. The van der Waals surface area contributed by atoms with Crippen molar-refractivity contribution in [2.75, 3.05) is 12.3 Å². The Labute approximate surface area is 185 Å². The number of thioether (sulfide) groups is 1. The minimum absolute atomic E-state index is 0.0710. The average molecular weight is 443 g/mol. The van der Waals surface area contributed by atoms with Crippen LogP contribution in [-0.2, 0) is 20.9 Å². The van der Waals surface area contributed by atoms with E-state index in [-0.39, 0.29) is 43.0 Å². The Bertz CT molecular complexity index is 977. The van der Waals surface area contributed by atoms with E-state index in [4.69, 9.17) is 10.5 Å². The van der Waals surface area contributed by atoms with Crippen molar-refractivity contribution in [1.29, 1.82) is 0 Å². The summed E-state index contributed by atoms with van der Waals surface area (Å²) in [6, 6.07) is 8.76. The number of nitrogens with two attached hydrogens (primary N) is 1. The molecule has 1 aromatic heterocycles. The zero-order valence-electron chi connectivity index (χ0n) is 17.8. The molecule has 0 fully saturated rings. The first-order chi connectivity index (χ1) is 14.8. The molecule has 8 nitrogen and oxygen atoms in total. The molecule has 3 N–H and O–H groups in total. The van der Waals surface area contributed by atoms with E-state index >= 15 is 0 Å². The number of hydrogen-bond acceptors (Lipinski definition) is 8. The quantitative estimate of drug-likeness (QED) is 0.448. The zero-order chi connectivity index (χ0) is 22.8. The molecule has 0 radical (unpaired) electrons. The third-order valence-electron chi connectivity index (χ3n) is 4.30. The number of allylic oxidation sites excluding steroid dienone is 1. The first kappa shape index (κ1) is 24.1. The lowest BCUT2D eigenvalue weighted by Gasteiger charge is -2.12. The van der Waals surface area contributed by atoms with E-state index in [9.17, 15) is 14.4 Å². The fourth-order valence-corrected chi connectivity index (χ4v) is 3.52. The molecule has 1 aromatic carbocycles. The summed E-state index contributed by atoms with van der Waals surface area (Å²) in [5.41, 5.74) is 7.32. The van der Waals surface area contributed by atoms with Crippen LogP contribution in [0.25, 0.3) is 0 Å². The fraction of sp³-hybridized carbons (Fsp3) is 0.318. The smallest absolute Gasteiger partial charge is 0.306 e. The highest BCUT2D eigenvalue weighted by molar-refractivity contribution is 8.17. The topological polar surface area (TPSA) is 124 Å². The van der Waals surface area contributed by atoms with Gasteiger partial charge < -0.3 is 15.8 Å². The lowest BCUT2D eigenvalue weighted by molar-refractivity contribution is -0.143. The van der Waals surface area contributed by atoms with E-state index in [1.165, 1.54) is 0 Å². The zero-order valence-corrected chi connectivity index (χ0v) is 18.6. The number of nitrogen functional groups attached to an aromatic ring is 1. The maximum atomic E-state index is 12.7. The number of aryl methyl sites for hydroxylation is 1. The number of aromatic nitrogens is 2. The molecule has 0 aliphatic heterocycles. The minimum Gasteiger partial charge on any atom is -0.466 e. The Balaban J connectivity index is 2.16. The summed E-state index contributed by atoms with van der Waals surface area (Å²) in [5, 5.41) is 2.56. The van der Waals surface area contributed by atoms with Crippen molar-refractivity contribution in [3.63, 3.8) is 0 Å². The highest BCUT2D eigenvalue weighted by atomic mass is 32.2. The van der Waals surface area contributed by atoms with Gasteiger partial charge in [0.05, 0.1) is 13.0 Å². The highest BCUT2D eigenvalue weighted by Gasteiger charge is 2.18. The van der Waals surface area contributed by atoms with Gasteiger partial charge in [0.2, 0.25) is 11.0 Å². The first-order valence-corrected chi connectivity index (χ1v) is 10.6. The molecule has 1 amide bonds. The summed E-state index contributed by atoms with van der Waals surface area (Å²) < 4.78 is 4.97. The number of esters is 1. The van der Waals surface area contributed by atoms with Crippen LogP contribution in [0.5, 0.6) is 0 Å². The predicted octanol–water partition coefficient (Wildman–Crippen LogP) is 3.17. The van der Waals surface area contributed by atoms with Crippen LogP contribution in [0.2, 0.25) is 0 Å². The van der Waals surface area contributed by atoms with Gasteiger partial charge in [0.25, 0.3) is 0 Å². The van der Waals surface area contributed by atoms with Crippen molar-refractivity contribution < 1.29 is 19.1 Å². The second kappa shape index (κ2) is 11.8. The Morgan fingerprint density at radius 1 is 1.16 bits per heavy atom. The van der Waals surface area contributed by atoms with Crippen LogP contribution in [0, 0.1) is 6.92 Å². The number of ether oxygens (including phenoxy) is 1. The summed E-state index contributed by atoms with van der Waals surface area (Å²) in [6.45, 7) is 5.48. The van der Waals surface area contributed by atoms with Crippen molar-refractivity contribution in [2.45, 2.75) is 40.2 Å². The Kier molecular flexibility index (Phi) is 9.20. The maximum absolute atomic E-state index is 12.7. The van der Waals surface area contributed by atoms with Gasteiger partial charge in [-0.25, -0.2) is 9.97 Å². The van der Waals surface area contributed by atoms with Gasteiger partial charge in [-0.15, -0.1) is 0 Å². The normalized spacial score (nSPS) is 11.5. The standard InChI is InChI=1S/C22H26N4O4S/c1-4-30-19(27)11-10-18(31-22(29)16-8-6-5-7-9-16)14(2)21(28)25-13-17-12-24-15(3)26-20(17)23/h5-9,12H,4,10-11,13H2,1-3H3,(H,25,28)(H2,23,24,26)/b18-14-. The predicted molar refractivity (Wildman–Crippen MR) is 120 cm³/mol. The fourth-order valence-electron chi connectivity index (χ4n) is 2.59. The molecule has 0 aliphatic carbocycles. The summed E-state index contributed by atoms with van der Waals surface area (Å²) in [6.07, 6.45) is 1.85. The number of benzene rings is 1. The van der Waals surface area contributed by atoms with Crippen LogP contribution >= 0.6 is 11.8 Å².